The van der Waals surface area contributed by atoms with Gasteiger partial charge in [-0.3, -0.25) is 0 Å². The first-order chi connectivity index (χ1) is 10.1. The molecule has 0 aliphatic heterocycles. The Bertz CT molecular complexity index is 639. The van der Waals surface area contributed by atoms with E-state index in [1.807, 2.05) is 12.1 Å². The molecule has 6 heteroatoms. The number of hydrogen-bond acceptors (Lipinski definition) is 2. The molecule has 0 N–H and O–H groups in total. The molecule has 1 unspecified atom stereocenters. The van der Waals surface area contributed by atoms with Crippen LogP contribution < -0.4 is 4.74 Å². The molecule has 0 aliphatic rings. The minimum absolute atomic E-state index is 0.441. The summed E-state index contributed by atoms with van der Waals surface area (Å²) in [6.07, 6.45) is 2.27. The van der Waals surface area contributed by atoms with Gasteiger partial charge in [0.15, 0.2) is 5.75 Å². The molecule has 1 aromatic carbocycles. The number of aromatic nitrogens is 1. The molecule has 1 aromatic heterocycles. The Morgan fingerprint density at radius 2 is 2.14 bits per heavy atom. The van der Waals surface area contributed by atoms with Crippen molar-refractivity contribution in [1.82, 2.24) is 4.98 Å². The van der Waals surface area contributed by atoms with Crippen LogP contribution in [0.15, 0.2) is 18.2 Å². The van der Waals surface area contributed by atoms with Gasteiger partial charge in [0.05, 0.1) is 15.2 Å². The van der Waals surface area contributed by atoms with E-state index in [1.165, 1.54) is 0 Å². The number of rotatable bonds is 6. The minimum Gasteiger partial charge on any atom is -0.490 e. The zero-order valence-electron chi connectivity index (χ0n) is 11.5. The number of hydrogen-bond donors (Lipinski definition) is 0. The molecule has 21 heavy (non-hydrogen) atoms. The van der Waals surface area contributed by atoms with Crippen molar-refractivity contribution >= 4 is 72.6 Å². The fraction of sp³-hybridized carbons (Fsp3) is 0.400. The van der Waals surface area contributed by atoms with E-state index in [0.717, 1.165) is 38.4 Å². The highest BCUT2D eigenvalue weighted by Gasteiger charge is 2.15. The Balaban J connectivity index is 2.36. The lowest BCUT2D eigenvalue weighted by Crippen LogP contribution is -2.14. The molecular formula is C15H15BrCl2INO. The summed E-state index contributed by atoms with van der Waals surface area (Å²) in [5.74, 6) is 1.25. The van der Waals surface area contributed by atoms with Crippen molar-refractivity contribution in [2.24, 2.45) is 5.92 Å². The molecule has 0 radical (unpaired) electrons. The molecule has 2 aromatic rings. The second-order valence-corrected chi connectivity index (χ2v) is 7.42. The van der Waals surface area contributed by atoms with Gasteiger partial charge in [-0.05, 0) is 47.2 Å². The average molecular weight is 503 g/mol. The van der Waals surface area contributed by atoms with Gasteiger partial charge >= 0.3 is 0 Å². The Hall–Kier alpha value is 0.220. The maximum Gasteiger partial charge on any atom is 0.158 e. The molecule has 1 atom stereocenters. The van der Waals surface area contributed by atoms with Crippen LogP contribution in [-0.2, 0) is 0 Å². The lowest BCUT2D eigenvalue weighted by atomic mass is 10.1. The van der Waals surface area contributed by atoms with E-state index in [0.29, 0.717) is 22.7 Å². The quantitative estimate of drug-likeness (QED) is 0.261. The van der Waals surface area contributed by atoms with Gasteiger partial charge in [0.25, 0.3) is 0 Å². The normalized spacial score (nSPS) is 12.6. The van der Waals surface area contributed by atoms with Crippen molar-refractivity contribution in [3.63, 3.8) is 0 Å². The van der Waals surface area contributed by atoms with Gasteiger partial charge in [0.1, 0.15) is 10.7 Å². The van der Waals surface area contributed by atoms with Gasteiger partial charge in [-0.25, -0.2) is 4.98 Å². The third-order valence-electron chi connectivity index (χ3n) is 3.18. The minimum atomic E-state index is 0.441. The third-order valence-corrected chi connectivity index (χ3v) is 5.42. The highest BCUT2D eigenvalue weighted by atomic mass is 127. The summed E-state index contributed by atoms with van der Waals surface area (Å²) in [7, 11) is 0. The number of alkyl halides is 1. The van der Waals surface area contributed by atoms with Crippen LogP contribution in [0, 0.1) is 9.49 Å². The number of nitrogens with zero attached hydrogens (tertiary/aromatic N) is 1. The van der Waals surface area contributed by atoms with Gasteiger partial charge < -0.3 is 4.74 Å². The molecule has 0 bridgehead atoms. The lowest BCUT2D eigenvalue weighted by molar-refractivity contribution is 0.256. The number of ether oxygens (including phenoxy) is 1. The summed E-state index contributed by atoms with van der Waals surface area (Å²) in [4.78, 5) is 4.39. The van der Waals surface area contributed by atoms with Crippen molar-refractivity contribution in [1.29, 1.82) is 0 Å². The lowest BCUT2D eigenvalue weighted by Gasteiger charge is -2.17. The molecule has 114 valence electrons. The number of pyridine rings is 1. The SMILES string of the molecule is CCCC(CBr)COc1c(I)cc(Cl)c2ccc(Cl)nc12. The highest BCUT2D eigenvalue weighted by Crippen LogP contribution is 2.36. The first-order valence-corrected chi connectivity index (χ1v) is 9.65. The van der Waals surface area contributed by atoms with Crippen LogP contribution in [0.1, 0.15) is 19.8 Å². The largest absolute Gasteiger partial charge is 0.490 e. The van der Waals surface area contributed by atoms with Gasteiger partial charge in [0.2, 0.25) is 0 Å². The molecule has 2 nitrogen and oxygen atoms in total. The van der Waals surface area contributed by atoms with E-state index >= 15 is 0 Å². The van der Waals surface area contributed by atoms with Crippen molar-refractivity contribution in [2.75, 3.05) is 11.9 Å². The Labute approximate surface area is 156 Å². The van der Waals surface area contributed by atoms with Gasteiger partial charge in [-0.1, -0.05) is 52.5 Å². The van der Waals surface area contributed by atoms with Crippen LogP contribution in [0.5, 0.6) is 5.75 Å². The Morgan fingerprint density at radius 1 is 1.38 bits per heavy atom. The maximum absolute atomic E-state index is 6.28. The van der Waals surface area contributed by atoms with Crippen molar-refractivity contribution in [3.8, 4) is 5.75 Å². The van der Waals surface area contributed by atoms with E-state index in [1.54, 1.807) is 6.07 Å². The summed E-state index contributed by atoms with van der Waals surface area (Å²) < 4.78 is 7.00. The van der Waals surface area contributed by atoms with Crippen LogP contribution >= 0.6 is 61.7 Å². The standard InChI is InChI=1S/C15H15BrCl2INO/c1-2-3-9(7-16)8-21-15-12(19)6-11(17)10-4-5-13(18)20-14(10)15/h4-6,9H,2-3,7-8H2,1H3. The molecule has 0 saturated heterocycles. The summed E-state index contributed by atoms with van der Waals surface area (Å²) in [6.45, 7) is 2.83. The molecule has 0 fully saturated rings. The maximum atomic E-state index is 6.28. The first kappa shape index (κ1) is 17.6. The summed E-state index contributed by atoms with van der Waals surface area (Å²) >= 11 is 18.1. The fourth-order valence-corrected chi connectivity index (χ4v) is 3.95. The second kappa shape index (κ2) is 8.18. The zero-order valence-corrected chi connectivity index (χ0v) is 16.8. The van der Waals surface area contributed by atoms with E-state index in [2.05, 4.69) is 50.4 Å². The van der Waals surface area contributed by atoms with E-state index < -0.39 is 0 Å². The molecule has 2 rings (SSSR count). The molecule has 0 amide bonds. The van der Waals surface area contributed by atoms with Crippen LogP contribution in [-0.4, -0.2) is 16.9 Å². The van der Waals surface area contributed by atoms with E-state index in [4.69, 9.17) is 27.9 Å². The van der Waals surface area contributed by atoms with Crippen LogP contribution in [0.4, 0.5) is 0 Å². The summed E-state index contributed by atoms with van der Waals surface area (Å²) in [5.41, 5.74) is 0.726. The summed E-state index contributed by atoms with van der Waals surface area (Å²) in [6, 6.07) is 5.52. The van der Waals surface area contributed by atoms with Gasteiger partial charge in [0, 0.05) is 16.6 Å². The fourth-order valence-electron chi connectivity index (χ4n) is 2.12. The molecule has 0 spiro atoms. The molecule has 0 aliphatic carbocycles. The van der Waals surface area contributed by atoms with Gasteiger partial charge in [-0.2, -0.15) is 0 Å². The monoisotopic (exact) mass is 501 g/mol. The van der Waals surface area contributed by atoms with Gasteiger partial charge in [-0.15, -0.1) is 0 Å². The number of halogens is 4. The molecular weight excluding hydrogens is 488 g/mol. The first-order valence-electron chi connectivity index (χ1n) is 6.69. The van der Waals surface area contributed by atoms with Crippen LogP contribution in [0.25, 0.3) is 10.9 Å². The van der Waals surface area contributed by atoms with Crippen molar-refractivity contribution < 1.29 is 4.74 Å². The molecule has 1 heterocycles. The Kier molecular flexibility index (Phi) is 6.84. The van der Waals surface area contributed by atoms with E-state index in [-0.39, 0.29) is 0 Å². The number of benzene rings is 1. The smallest absolute Gasteiger partial charge is 0.158 e. The average Bonchev–Trinajstić information content (AvgIpc) is 2.45. The predicted octanol–water partition coefficient (Wildman–Crippen LogP) is 6.34. The Morgan fingerprint density at radius 3 is 2.81 bits per heavy atom. The zero-order chi connectivity index (χ0) is 15.4. The number of fused-ring (bicyclic) bond motifs is 1. The second-order valence-electron chi connectivity index (χ2n) is 4.82. The van der Waals surface area contributed by atoms with Crippen molar-refractivity contribution in [2.45, 2.75) is 19.8 Å². The van der Waals surface area contributed by atoms with Crippen LogP contribution in [0.2, 0.25) is 10.2 Å². The third kappa shape index (κ3) is 4.36. The topological polar surface area (TPSA) is 22.1 Å². The highest BCUT2D eigenvalue weighted by molar-refractivity contribution is 14.1. The summed E-state index contributed by atoms with van der Waals surface area (Å²) in [5, 5.41) is 2.90. The van der Waals surface area contributed by atoms with Crippen LogP contribution in [0.3, 0.4) is 0 Å². The van der Waals surface area contributed by atoms with Crippen molar-refractivity contribution in [3.05, 3.63) is 31.9 Å². The van der Waals surface area contributed by atoms with E-state index in [9.17, 15) is 0 Å². The predicted molar refractivity (Wildman–Crippen MR) is 102 cm³/mol. The molecule has 0 saturated carbocycles.